The van der Waals surface area contributed by atoms with Gasteiger partial charge in [-0.1, -0.05) is 12.1 Å². The molecule has 4 N–H and O–H groups in total. The van der Waals surface area contributed by atoms with Crippen LogP contribution in [0.1, 0.15) is 21.6 Å². The number of carbonyl (C=O) groups is 2. The second kappa shape index (κ2) is 10.2. The topological polar surface area (TPSA) is 124 Å². The summed E-state index contributed by atoms with van der Waals surface area (Å²) >= 11 is 0. The van der Waals surface area contributed by atoms with Gasteiger partial charge < -0.3 is 20.6 Å². The average Bonchev–Trinajstić information content (AvgIpc) is 3.18. The summed E-state index contributed by atoms with van der Waals surface area (Å²) in [7, 11) is 5.11. The molecule has 0 fully saturated rings. The highest BCUT2D eigenvalue weighted by atomic mass is 16.3. The number of amides is 3. The number of rotatable bonds is 7. The van der Waals surface area contributed by atoms with Crippen LogP contribution in [0.3, 0.4) is 0 Å². The van der Waals surface area contributed by atoms with Crippen LogP contribution >= 0.6 is 0 Å². The van der Waals surface area contributed by atoms with E-state index < -0.39 is 0 Å². The molecule has 0 saturated carbocycles. The molecule has 0 bridgehead atoms. The predicted octanol–water partition coefficient (Wildman–Crippen LogP) is 3.42. The van der Waals surface area contributed by atoms with E-state index in [-0.39, 0.29) is 18.5 Å². The molecule has 0 radical (unpaired) electrons. The van der Waals surface area contributed by atoms with Gasteiger partial charge in [-0.05, 0) is 48.0 Å². The van der Waals surface area contributed by atoms with Gasteiger partial charge in [0.25, 0.3) is 5.91 Å². The van der Waals surface area contributed by atoms with Gasteiger partial charge in [0, 0.05) is 50.6 Å². The lowest BCUT2D eigenvalue weighted by Crippen LogP contribution is -2.27. The summed E-state index contributed by atoms with van der Waals surface area (Å²) in [6.07, 6.45) is 1.62. The van der Waals surface area contributed by atoms with E-state index in [1.807, 2.05) is 30.3 Å². The minimum Gasteiger partial charge on any atom is -0.390 e. The van der Waals surface area contributed by atoms with Gasteiger partial charge in [-0.3, -0.25) is 14.8 Å². The first-order valence-corrected chi connectivity index (χ1v) is 11.0. The normalized spacial score (nSPS) is 10.7. The largest absolute Gasteiger partial charge is 0.390 e. The van der Waals surface area contributed by atoms with Crippen molar-refractivity contribution < 1.29 is 14.7 Å². The van der Waals surface area contributed by atoms with Crippen molar-refractivity contribution in [1.82, 2.24) is 19.7 Å². The Balaban J connectivity index is 1.48. The average molecular weight is 474 g/mol. The van der Waals surface area contributed by atoms with Crippen molar-refractivity contribution in [2.24, 2.45) is 7.05 Å². The van der Waals surface area contributed by atoms with Crippen LogP contribution in [0.2, 0.25) is 0 Å². The zero-order valence-electron chi connectivity index (χ0n) is 19.7. The van der Waals surface area contributed by atoms with Crippen LogP contribution in [0.25, 0.3) is 10.9 Å². The fourth-order valence-electron chi connectivity index (χ4n) is 3.63. The van der Waals surface area contributed by atoms with Crippen molar-refractivity contribution in [3.8, 4) is 0 Å². The Morgan fingerprint density at radius 3 is 2.63 bits per heavy atom. The lowest BCUT2D eigenvalue weighted by molar-refractivity contribution is 0.102. The lowest BCUT2D eigenvalue weighted by Gasteiger charge is -2.14. The quantitative estimate of drug-likeness (QED) is 0.326. The van der Waals surface area contributed by atoms with Crippen molar-refractivity contribution in [3.63, 3.8) is 0 Å². The van der Waals surface area contributed by atoms with Crippen molar-refractivity contribution in [2.45, 2.75) is 13.2 Å². The first-order valence-electron chi connectivity index (χ1n) is 11.0. The number of hydrogen-bond acceptors (Lipinski definition) is 6. The monoisotopic (exact) mass is 473 g/mol. The Labute approximate surface area is 202 Å². The number of nitrogens with one attached hydrogen (secondary N) is 3. The first kappa shape index (κ1) is 23.7. The Morgan fingerprint density at radius 2 is 1.86 bits per heavy atom. The van der Waals surface area contributed by atoms with Gasteiger partial charge in [0.15, 0.2) is 0 Å². The van der Waals surface area contributed by atoms with Crippen LogP contribution in [-0.4, -0.2) is 50.8 Å². The summed E-state index contributed by atoms with van der Waals surface area (Å²) in [6, 6.07) is 16.1. The minimum absolute atomic E-state index is 0.150. The zero-order chi connectivity index (χ0) is 24.9. The zero-order valence-corrected chi connectivity index (χ0v) is 19.7. The fourth-order valence-corrected chi connectivity index (χ4v) is 3.63. The van der Waals surface area contributed by atoms with E-state index >= 15 is 0 Å². The van der Waals surface area contributed by atoms with E-state index in [2.05, 4.69) is 26.0 Å². The number of carbonyl (C=O) groups excluding carboxylic acids is 2. The van der Waals surface area contributed by atoms with E-state index in [0.29, 0.717) is 35.0 Å². The highest BCUT2D eigenvalue weighted by molar-refractivity contribution is 6.08. The summed E-state index contributed by atoms with van der Waals surface area (Å²) in [5, 5.41) is 23.6. The van der Waals surface area contributed by atoms with Gasteiger partial charge in [-0.25, -0.2) is 9.78 Å². The maximum Gasteiger partial charge on any atom is 0.322 e. The molecule has 0 spiro atoms. The molecule has 10 nitrogen and oxygen atoms in total. The molecule has 0 unspecified atom stereocenters. The molecule has 4 rings (SSSR count). The second-order valence-corrected chi connectivity index (χ2v) is 8.19. The van der Waals surface area contributed by atoms with Gasteiger partial charge in [-0.2, -0.15) is 5.10 Å². The molecule has 35 heavy (non-hydrogen) atoms. The second-order valence-electron chi connectivity index (χ2n) is 8.19. The summed E-state index contributed by atoms with van der Waals surface area (Å²) < 4.78 is 1.68. The molecule has 0 aliphatic carbocycles. The molecule has 3 amide bonds. The highest BCUT2D eigenvalue weighted by Gasteiger charge is 2.14. The van der Waals surface area contributed by atoms with Crippen LogP contribution in [0.5, 0.6) is 0 Å². The standard InChI is InChI=1S/C25H27N7O3/c1-31(2)25(35)29-23-12-16(10-11-26-23)14-27-20-7-5-4-6-19(20)24(34)28-17-8-9-18-21(15-33)30-32(3)22(18)13-17/h4-13,27,33H,14-15H2,1-3H3,(H,28,34)(H,26,29,35). The Kier molecular flexibility index (Phi) is 6.93. The number of benzene rings is 2. The van der Waals surface area contributed by atoms with Crippen molar-refractivity contribution in [2.75, 3.05) is 30.0 Å². The fraction of sp³-hybridized carbons (Fsp3) is 0.200. The summed E-state index contributed by atoms with van der Waals surface area (Å²) in [6.45, 7) is 0.283. The number of pyridine rings is 1. The molecule has 0 aliphatic heterocycles. The molecule has 180 valence electrons. The third-order valence-corrected chi connectivity index (χ3v) is 5.46. The number of hydrogen-bond donors (Lipinski definition) is 4. The molecule has 2 heterocycles. The van der Waals surface area contributed by atoms with E-state index in [1.54, 1.807) is 56.3 Å². The summed E-state index contributed by atoms with van der Waals surface area (Å²) in [5.74, 6) is 0.189. The van der Waals surface area contributed by atoms with E-state index in [0.717, 1.165) is 16.5 Å². The van der Waals surface area contributed by atoms with E-state index in [4.69, 9.17) is 0 Å². The van der Waals surface area contributed by atoms with Crippen molar-refractivity contribution in [3.05, 3.63) is 77.6 Å². The molecule has 2 aromatic heterocycles. The highest BCUT2D eigenvalue weighted by Crippen LogP contribution is 2.24. The first-order chi connectivity index (χ1) is 16.9. The van der Waals surface area contributed by atoms with Gasteiger partial charge >= 0.3 is 6.03 Å². The van der Waals surface area contributed by atoms with Crippen molar-refractivity contribution in [1.29, 1.82) is 0 Å². The molecule has 0 atom stereocenters. The predicted molar refractivity (Wildman–Crippen MR) is 135 cm³/mol. The Bertz CT molecular complexity index is 1380. The number of nitrogens with zero attached hydrogens (tertiary/aromatic N) is 4. The van der Waals surface area contributed by atoms with Crippen LogP contribution in [0.4, 0.5) is 22.0 Å². The van der Waals surface area contributed by atoms with E-state index in [1.165, 1.54) is 4.90 Å². The van der Waals surface area contributed by atoms with Crippen LogP contribution < -0.4 is 16.0 Å². The molecule has 4 aromatic rings. The van der Waals surface area contributed by atoms with Gasteiger partial charge in [0.05, 0.1) is 23.4 Å². The molecule has 2 aromatic carbocycles. The third kappa shape index (κ3) is 5.39. The summed E-state index contributed by atoms with van der Waals surface area (Å²) in [5.41, 5.74) is 4.09. The van der Waals surface area contributed by atoms with Crippen LogP contribution in [-0.2, 0) is 20.2 Å². The van der Waals surface area contributed by atoms with Crippen LogP contribution in [0, 0.1) is 0 Å². The molecular weight excluding hydrogens is 446 g/mol. The molecule has 0 saturated heterocycles. The number of aryl methyl sites for hydroxylation is 1. The smallest absolute Gasteiger partial charge is 0.322 e. The minimum atomic E-state index is -0.262. The number of aliphatic hydroxyl groups excluding tert-OH is 1. The third-order valence-electron chi connectivity index (χ3n) is 5.46. The number of anilines is 3. The number of urea groups is 1. The molecular formula is C25H27N7O3. The molecule has 0 aliphatic rings. The van der Waals surface area contributed by atoms with E-state index in [9.17, 15) is 14.7 Å². The summed E-state index contributed by atoms with van der Waals surface area (Å²) in [4.78, 5) is 30.6. The number of para-hydroxylation sites is 1. The SMILES string of the molecule is CN(C)C(=O)Nc1cc(CNc2ccccc2C(=O)Nc2ccc3c(CO)nn(C)c3c2)ccn1. The Hall–Kier alpha value is -4.44. The van der Waals surface area contributed by atoms with Gasteiger partial charge in [0.2, 0.25) is 0 Å². The van der Waals surface area contributed by atoms with Crippen LogP contribution in [0.15, 0.2) is 60.8 Å². The molecule has 10 heteroatoms. The number of fused-ring (bicyclic) bond motifs is 1. The lowest BCUT2D eigenvalue weighted by atomic mass is 10.1. The maximum absolute atomic E-state index is 13.1. The maximum atomic E-state index is 13.1. The van der Waals surface area contributed by atoms with Crippen molar-refractivity contribution >= 4 is 40.0 Å². The number of aliphatic hydroxyl groups is 1. The van der Waals surface area contributed by atoms with Gasteiger partial charge in [-0.15, -0.1) is 0 Å². The van der Waals surface area contributed by atoms with Gasteiger partial charge in [0.1, 0.15) is 5.82 Å². The Morgan fingerprint density at radius 1 is 1.06 bits per heavy atom. The number of aromatic nitrogens is 3.